The average Bonchev–Trinajstić information content (AvgIpc) is 3.10. The van der Waals surface area contributed by atoms with E-state index < -0.39 is 0 Å². The van der Waals surface area contributed by atoms with Gasteiger partial charge in [0, 0.05) is 36.7 Å². The van der Waals surface area contributed by atoms with Gasteiger partial charge in [-0.15, -0.1) is 0 Å². The second-order valence-corrected chi connectivity index (χ2v) is 7.40. The normalized spacial score (nSPS) is 17.5. The van der Waals surface area contributed by atoms with E-state index >= 15 is 0 Å². The van der Waals surface area contributed by atoms with E-state index in [1.165, 1.54) is 12.1 Å². The van der Waals surface area contributed by atoms with Crippen LogP contribution in [0.15, 0.2) is 40.8 Å². The lowest BCUT2D eigenvalue weighted by atomic mass is 9.99. The van der Waals surface area contributed by atoms with Crippen LogP contribution in [0.1, 0.15) is 28.8 Å². The van der Waals surface area contributed by atoms with E-state index in [-0.39, 0.29) is 23.5 Å². The number of nitrogens with zero attached hydrogens (tertiary/aromatic N) is 1. The molecule has 1 fully saturated rings. The van der Waals surface area contributed by atoms with Gasteiger partial charge in [0.25, 0.3) is 5.91 Å². The molecule has 1 aliphatic heterocycles. The summed E-state index contributed by atoms with van der Waals surface area (Å²) in [6, 6.07) is 9.64. The molecular formula is C22H24N2O5. The Morgan fingerprint density at radius 1 is 1.21 bits per heavy atom. The van der Waals surface area contributed by atoms with Gasteiger partial charge in [-0.2, -0.15) is 0 Å². The summed E-state index contributed by atoms with van der Waals surface area (Å²) >= 11 is 0. The van der Waals surface area contributed by atoms with Gasteiger partial charge in [-0.3, -0.25) is 9.69 Å². The number of piperidine rings is 1. The highest BCUT2D eigenvalue weighted by atomic mass is 16.3. The third-order valence-corrected chi connectivity index (χ3v) is 5.38. The molecule has 29 heavy (non-hydrogen) atoms. The number of rotatable bonds is 4. The zero-order valence-electron chi connectivity index (χ0n) is 16.2. The van der Waals surface area contributed by atoms with Crippen LogP contribution in [0.2, 0.25) is 0 Å². The molecule has 7 nitrogen and oxygen atoms in total. The monoisotopic (exact) mass is 396 g/mol. The fourth-order valence-corrected chi connectivity index (χ4v) is 3.97. The second kappa shape index (κ2) is 7.77. The third kappa shape index (κ3) is 3.66. The third-order valence-electron chi connectivity index (χ3n) is 5.38. The molecule has 2 aromatic carbocycles. The smallest absolute Gasteiger partial charge is 0.255 e. The zero-order chi connectivity index (χ0) is 20.5. The highest BCUT2D eigenvalue weighted by Crippen LogP contribution is 2.39. The van der Waals surface area contributed by atoms with Crippen molar-refractivity contribution in [1.82, 2.24) is 10.2 Å². The maximum Gasteiger partial charge on any atom is 0.255 e. The van der Waals surface area contributed by atoms with Crippen molar-refractivity contribution in [3.63, 3.8) is 0 Å². The molecule has 7 heteroatoms. The van der Waals surface area contributed by atoms with Crippen molar-refractivity contribution >= 4 is 16.9 Å². The number of carbonyl (C=O) groups is 1. The quantitative estimate of drug-likeness (QED) is 0.540. The predicted octanol–water partition coefficient (Wildman–Crippen LogP) is 2.83. The number of fused-ring (bicyclic) bond motifs is 1. The fourth-order valence-electron chi connectivity index (χ4n) is 3.97. The number of benzene rings is 2. The highest BCUT2D eigenvalue weighted by Gasteiger charge is 2.27. The molecule has 4 rings (SSSR count). The lowest BCUT2D eigenvalue weighted by Gasteiger charge is -2.30. The predicted molar refractivity (Wildman–Crippen MR) is 109 cm³/mol. The Bertz CT molecular complexity index is 1040. The van der Waals surface area contributed by atoms with Crippen molar-refractivity contribution in [1.29, 1.82) is 0 Å². The van der Waals surface area contributed by atoms with E-state index in [2.05, 4.69) is 10.2 Å². The lowest BCUT2D eigenvalue weighted by molar-refractivity contribution is 0.0666. The van der Waals surface area contributed by atoms with Crippen molar-refractivity contribution in [2.45, 2.75) is 25.5 Å². The summed E-state index contributed by atoms with van der Waals surface area (Å²) in [6.45, 7) is 1.73. The first-order valence-electron chi connectivity index (χ1n) is 9.67. The molecule has 4 N–H and O–H groups in total. The van der Waals surface area contributed by atoms with E-state index in [9.17, 15) is 20.1 Å². The number of aliphatic hydroxyl groups excluding tert-OH is 1. The number of phenolic OH excluding ortho intramolecular Hbond substituents is 2. The van der Waals surface area contributed by atoms with Gasteiger partial charge in [-0.25, -0.2) is 0 Å². The Labute approximate surface area is 168 Å². The molecular weight excluding hydrogens is 372 g/mol. The maximum absolute atomic E-state index is 12.8. The van der Waals surface area contributed by atoms with Gasteiger partial charge in [-0.05, 0) is 55.8 Å². The van der Waals surface area contributed by atoms with Gasteiger partial charge < -0.3 is 25.1 Å². The number of likely N-dealkylation sites (tertiary alicyclic amines) is 1. The van der Waals surface area contributed by atoms with Gasteiger partial charge in [0.2, 0.25) is 0 Å². The Morgan fingerprint density at radius 2 is 1.97 bits per heavy atom. The summed E-state index contributed by atoms with van der Waals surface area (Å²) in [5, 5.41) is 33.4. The van der Waals surface area contributed by atoms with Crippen LogP contribution in [0.4, 0.5) is 0 Å². The Balaban J connectivity index is 1.88. The topological polar surface area (TPSA) is 106 Å². The Kier molecular flexibility index (Phi) is 5.17. The van der Waals surface area contributed by atoms with Crippen LogP contribution in [-0.4, -0.2) is 52.4 Å². The van der Waals surface area contributed by atoms with Gasteiger partial charge in [-0.1, -0.05) is 0 Å². The molecule has 3 aromatic rings. The zero-order valence-corrected chi connectivity index (χ0v) is 16.2. The highest BCUT2D eigenvalue weighted by molar-refractivity contribution is 6.12. The van der Waals surface area contributed by atoms with Crippen molar-refractivity contribution in [3.05, 3.63) is 47.5 Å². The standard InChI is InChI=1S/C22H24N2O5/c1-23-22(28)20-19-16(12-24-10-2-3-15(26)11-24)17(27)8-9-18(19)29-21(20)13-4-6-14(25)7-5-13/h4-9,15,25-27H,2-3,10-12H2,1H3,(H,23,28)/t15-/m1/s1. The van der Waals surface area contributed by atoms with Gasteiger partial charge in [0.1, 0.15) is 22.8 Å². The number of phenols is 2. The minimum atomic E-state index is -0.389. The van der Waals surface area contributed by atoms with E-state index in [4.69, 9.17) is 4.42 Å². The van der Waals surface area contributed by atoms with E-state index in [0.29, 0.717) is 46.5 Å². The molecule has 1 aliphatic rings. The van der Waals surface area contributed by atoms with E-state index in [0.717, 1.165) is 19.4 Å². The number of amides is 1. The molecule has 2 heterocycles. The molecule has 1 atom stereocenters. The Hall–Kier alpha value is -3.03. The van der Waals surface area contributed by atoms with Crippen LogP contribution in [0, 0.1) is 0 Å². The molecule has 1 aromatic heterocycles. The number of aromatic hydroxyl groups is 2. The minimum absolute atomic E-state index is 0.0840. The van der Waals surface area contributed by atoms with Gasteiger partial charge in [0.05, 0.1) is 11.7 Å². The number of furan rings is 1. The summed E-state index contributed by atoms with van der Waals surface area (Å²) in [7, 11) is 1.55. The fraction of sp³-hybridized carbons (Fsp3) is 0.318. The number of carbonyl (C=O) groups excluding carboxylic acids is 1. The second-order valence-electron chi connectivity index (χ2n) is 7.40. The average molecular weight is 396 g/mol. The summed E-state index contributed by atoms with van der Waals surface area (Å²) in [5.41, 5.74) is 2.09. The summed E-state index contributed by atoms with van der Waals surface area (Å²) < 4.78 is 6.03. The van der Waals surface area contributed by atoms with Crippen LogP contribution >= 0.6 is 0 Å². The first kappa shape index (κ1) is 19.3. The molecule has 152 valence electrons. The molecule has 0 spiro atoms. The van der Waals surface area contributed by atoms with Gasteiger partial charge in [0.15, 0.2) is 0 Å². The SMILES string of the molecule is CNC(=O)c1c(-c2ccc(O)cc2)oc2ccc(O)c(CN3CCC[C@@H](O)C3)c12. The van der Waals surface area contributed by atoms with Gasteiger partial charge >= 0.3 is 0 Å². The van der Waals surface area contributed by atoms with Crippen molar-refractivity contribution in [2.24, 2.45) is 0 Å². The summed E-state index contributed by atoms with van der Waals surface area (Å²) in [6.07, 6.45) is 1.26. The lowest BCUT2D eigenvalue weighted by Crippen LogP contribution is -2.37. The molecule has 0 unspecified atom stereocenters. The first-order valence-corrected chi connectivity index (χ1v) is 9.67. The van der Waals surface area contributed by atoms with Crippen molar-refractivity contribution < 1.29 is 24.5 Å². The Morgan fingerprint density at radius 3 is 2.66 bits per heavy atom. The number of β-amino-alcohol motifs (C(OH)–C–C–N with tert-alkyl or cyclic N) is 1. The van der Waals surface area contributed by atoms with Crippen molar-refractivity contribution in [3.8, 4) is 22.8 Å². The van der Waals surface area contributed by atoms with Crippen LogP contribution in [-0.2, 0) is 6.54 Å². The molecule has 0 aliphatic carbocycles. The number of aliphatic hydroxyl groups is 1. The summed E-state index contributed by atoms with van der Waals surface area (Å²) in [4.78, 5) is 14.9. The molecule has 0 bridgehead atoms. The van der Waals surface area contributed by atoms with Crippen LogP contribution < -0.4 is 5.32 Å². The van der Waals surface area contributed by atoms with Crippen LogP contribution in [0.25, 0.3) is 22.3 Å². The first-order chi connectivity index (χ1) is 14.0. The largest absolute Gasteiger partial charge is 0.508 e. The molecule has 0 radical (unpaired) electrons. The number of hydrogen-bond donors (Lipinski definition) is 4. The van der Waals surface area contributed by atoms with E-state index in [1.54, 1.807) is 31.3 Å². The summed E-state index contributed by atoms with van der Waals surface area (Å²) in [5.74, 6) is 0.261. The maximum atomic E-state index is 12.8. The number of nitrogens with one attached hydrogen (secondary N) is 1. The molecule has 0 saturated carbocycles. The molecule has 1 saturated heterocycles. The van der Waals surface area contributed by atoms with E-state index in [1.807, 2.05) is 0 Å². The van der Waals surface area contributed by atoms with Crippen molar-refractivity contribution in [2.75, 3.05) is 20.1 Å². The van der Waals surface area contributed by atoms with Crippen LogP contribution in [0.3, 0.4) is 0 Å². The van der Waals surface area contributed by atoms with Crippen LogP contribution in [0.5, 0.6) is 11.5 Å². The minimum Gasteiger partial charge on any atom is -0.508 e. The number of hydrogen-bond acceptors (Lipinski definition) is 6. The molecule has 1 amide bonds.